The van der Waals surface area contributed by atoms with Crippen molar-refractivity contribution in [2.75, 3.05) is 6.61 Å². The number of rotatable bonds is 4. The van der Waals surface area contributed by atoms with Crippen LogP contribution in [0.1, 0.15) is 59.8 Å². The second kappa shape index (κ2) is 6.66. The summed E-state index contributed by atoms with van der Waals surface area (Å²) in [4.78, 5) is 0. The van der Waals surface area contributed by atoms with E-state index >= 15 is 0 Å². The molecule has 0 radical (unpaired) electrons. The van der Waals surface area contributed by atoms with E-state index in [9.17, 15) is 0 Å². The first-order valence-corrected chi connectivity index (χ1v) is 9.02. The highest BCUT2D eigenvalue weighted by Crippen LogP contribution is 2.41. The van der Waals surface area contributed by atoms with E-state index in [0.717, 1.165) is 49.0 Å². The lowest BCUT2D eigenvalue weighted by molar-refractivity contribution is 0.00154. The fourth-order valence-corrected chi connectivity index (χ4v) is 3.35. The molecule has 0 amide bonds. The van der Waals surface area contributed by atoms with E-state index in [1.165, 1.54) is 12.6 Å². The zero-order valence-corrected chi connectivity index (χ0v) is 15.3. The van der Waals surface area contributed by atoms with Crippen molar-refractivity contribution in [3.63, 3.8) is 0 Å². The Bertz CT molecular complexity index is 547. The molecule has 2 heterocycles. The van der Waals surface area contributed by atoms with Crippen molar-refractivity contribution in [3.05, 3.63) is 22.8 Å². The summed E-state index contributed by atoms with van der Waals surface area (Å²) in [5.41, 5.74) is 2.20. The van der Waals surface area contributed by atoms with Gasteiger partial charge in [-0.15, -0.1) is 0 Å². The Hall–Kier alpha value is -1.11. The molecule has 1 atom stereocenters. The van der Waals surface area contributed by atoms with Crippen LogP contribution in [-0.2, 0) is 14.0 Å². The molecule has 0 bridgehead atoms. The molecular formula is C18H29BN2O3. The molecule has 0 aromatic rings. The van der Waals surface area contributed by atoms with Crippen LogP contribution in [-0.4, -0.2) is 37.4 Å². The first kappa shape index (κ1) is 17.7. The fourth-order valence-electron chi connectivity index (χ4n) is 3.35. The summed E-state index contributed by atoms with van der Waals surface area (Å²) in [6.07, 6.45) is 8.72. The van der Waals surface area contributed by atoms with Gasteiger partial charge in [-0.2, -0.15) is 0 Å². The van der Waals surface area contributed by atoms with Gasteiger partial charge in [0.2, 0.25) is 0 Å². The van der Waals surface area contributed by atoms with Crippen LogP contribution in [0.25, 0.3) is 0 Å². The molecule has 0 saturated carbocycles. The van der Waals surface area contributed by atoms with Gasteiger partial charge in [-0.25, -0.2) is 0 Å². The van der Waals surface area contributed by atoms with Gasteiger partial charge in [-0.3, -0.25) is 0 Å². The normalized spacial score (nSPS) is 29.4. The van der Waals surface area contributed by atoms with Crippen LogP contribution in [0.5, 0.6) is 0 Å². The van der Waals surface area contributed by atoms with E-state index < -0.39 is 0 Å². The van der Waals surface area contributed by atoms with Crippen molar-refractivity contribution >= 4 is 13.3 Å². The third-order valence-electron chi connectivity index (χ3n) is 5.58. The van der Waals surface area contributed by atoms with E-state index in [4.69, 9.17) is 19.5 Å². The summed E-state index contributed by atoms with van der Waals surface area (Å²) in [6.45, 7) is 9.05. The van der Waals surface area contributed by atoms with Gasteiger partial charge in [-0.1, -0.05) is 6.08 Å². The van der Waals surface area contributed by atoms with E-state index in [1.807, 2.05) is 0 Å². The zero-order chi connectivity index (χ0) is 17.4. The molecule has 2 fully saturated rings. The van der Waals surface area contributed by atoms with Gasteiger partial charge in [0.15, 0.2) is 0 Å². The van der Waals surface area contributed by atoms with Gasteiger partial charge in [0, 0.05) is 24.1 Å². The Labute approximate surface area is 145 Å². The van der Waals surface area contributed by atoms with Crippen molar-refractivity contribution < 1.29 is 14.0 Å². The highest BCUT2D eigenvalue weighted by Gasteiger charge is 2.52. The number of nitrogens with one attached hydrogen (secondary N) is 2. The van der Waals surface area contributed by atoms with Gasteiger partial charge in [0.05, 0.1) is 11.2 Å². The zero-order valence-electron chi connectivity index (χ0n) is 15.3. The van der Waals surface area contributed by atoms with Crippen molar-refractivity contribution in [2.24, 2.45) is 0 Å². The van der Waals surface area contributed by atoms with Crippen molar-refractivity contribution in [1.82, 2.24) is 5.32 Å². The van der Waals surface area contributed by atoms with E-state index in [1.54, 1.807) is 0 Å². The third kappa shape index (κ3) is 3.32. The van der Waals surface area contributed by atoms with Crippen molar-refractivity contribution in [2.45, 2.75) is 77.2 Å². The van der Waals surface area contributed by atoms with Gasteiger partial charge in [0.1, 0.15) is 6.23 Å². The average molecular weight is 332 g/mol. The monoisotopic (exact) mass is 332 g/mol. The first-order valence-electron chi connectivity index (χ1n) is 9.02. The molecule has 2 aliphatic heterocycles. The molecule has 5 nitrogen and oxygen atoms in total. The highest BCUT2D eigenvalue weighted by molar-refractivity contribution is 6.55. The average Bonchev–Trinajstić information content (AvgIpc) is 2.76. The number of hydrogen-bond donors (Lipinski definition) is 2. The molecule has 0 aromatic heterocycles. The molecular weight excluding hydrogens is 303 g/mol. The Kier molecular flexibility index (Phi) is 4.91. The predicted molar refractivity (Wildman–Crippen MR) is 95.9 cm³/mol. The molecule has 0 aromatic carbocycles. The molecule has 3 rings (SSSR count). The minimum Gasteiger partial charge on any atom is -0.400 e. The smallest absolute Gasteiger partial charge is 0.400 e. The lowest BCUT2D eigenvalue weighted by atomic mass is 9.70. The van der Waals surface area contributed by atoms with E-state index in [0.29, 0.717) is 0 Å². The summed E-state index contributed by atoms with van der Waals surface area (Å²) in [5.74, 6) is 0. The molecule has 1 unspecified atom stereocenters. The molecule has 6 heteroatoms. The third-order valence-corrected chi connectivity index (χ3v) is 5.58. The fraction of sp³-hybridized carbons (Fsp3) is 0.722. The molecule has 2 N–H and O–H groups in total. The first-order chi connectivity index (χ1) is 11.3. The minimum absolute atomic E-state index is 0.0394. The van der Waals surface area contributed by atoms with E-state index in [2.05, 4.69) is 39.1 Å². The molecule has 24 heavy (non-hydrogen) atoms. The Morgan fingerprint density at radius 2 is 1.92 bits per heavy atom. The van der Waals surface area contributed by atoms with Crippen LogP contribution in [0, 0.1) is 5.41 Å². The maximum atomic E-state index is 7.92. The van der Waals surface area contributed by atoms with Gasteiger partial charge in [-0.05, 0) is 65.3 Å². The van der Waals surface area contributed by atoms with Gasteiger partial charge < -0.3 is 24.8 Å². The van der Waals surface area contributed by atoms with Crippen LogP contribution in [0.2, 0.25) is 0 Å². The maximum Gasteiger partial charge on any atom is 0.491 e. The lowest BCUT2D eigenvalue weighted by Crippen LogP contribution is -2.41. The Morgan fingerprint density at radius 1 is 1.21 bits per heavy atom. The Balaban J connectivity index is 1.81. The molecule has 2 saturated heterocycles. The van der Waals surface area contributed by atoms with Gasteiger partial charge in [0.25, 0.3) is 0 Å². The Morgan fingerprint density at radius 3 is 2.50 bits per heavy atom. The largest absolute Gasteiger partial charge is 0.491 e. The SMILES string of the molecule is CC1(C)OB(C2=C(C=N)C(NC3CCCCO3)=CCC2)OC1(C)C. The van der Waals surface area contributed by atoms with Crippen LogP contribution >= 0.6 is 0 Å². The molecule has 132 valence electrons. The quantitative estimate of drug-likeness (QED) is 0.612. The van der Waals surface area contributed by atoms with Crippen LogP contribution in [0.4, 0.5) is 0 Å². The topological polar surface area (TPSA) is 63.6 Å². The standard InChI is InChI=1S/C18H29BN2O3/c1-17(2)18(3,4)24-19(23-17)14-8-7-9-15(13(14)12-20)21-16-10-5-6-11-22-16/h9,12,16,20-21H,5-8,10-11H2,1-4H3. The van der Waals surface area contributed by atoms with Crippen molar-refractivity contribution in [3.8, 4) is 0 Å². The molecule has 0 spiro atoms. The summed E-state index contributed by atoms with van der Waals surface area (Å²) >= 11 is 0. The summed E-state index contributed by atoms with van der Waals surface area (Å²) in [7, 11) is -0.385. The molecule has 3 aliphatic rings. The maximum absolute atomic E-state index is 7.92. The second-order valence-corrected chi connectivity index (χ2v) is 7.83. The van der Waals surface area contributed by atoms with E-state index in [-0.39, 0.29) is 24.5 Å². The minimum atomic E-state index is -0.385. The van der Waals surface area contributed by atoms with Crippen LogP contribution < -0.4 is 5.32 Å². The van der Waals surface area contributed by atoms with Crippen LogP contribution in [0.3, 0.4) is 0 Å². The van der Waals surface area contributed by atoms with Gasteiger partial charge >= 0.3 is 7.12 Å². The van der Waals surface area contributed by atoms with Crippen LogP contribution in [0.15, 0.2) is 22.8 Å². The number of hydrogen-bond acceptors (Lipinski definition) is 5. The highest BCUT2D eigenvalue weighted by atomic mass is 16.7. The lowest BCUT2D eigenvalue weighted by Gasteiger charge is -2.32. The van der Waals surface area contributed by atoms with Crippen molar-refractivity contribution in [1.29, 1.82) is 5.41 Å². The predicted octanol–water partition coefficient (Wildman–Crippen LogP) is 3.36. The number of ether oxygens (including phenoxy) is 1. The number of allylic oxidation sites excluding steroid dienone is 3. The summed E-state index contributed by atoms with van der Waals surface area (Å²) in [5, 5.41) is 11.4. The second-order valence-electron chi connectivity index (χ2n) is 7.83. The summed E-state index contributed by atoms with van der Waals surface area (Å²) in [6, 6.07) is 0. The summed E-state index contributed by atoms with van der Waals surface area (Å²) < 4.78 is 18.2. The molecule has 1 aliphatic carbocycles.